The maximum atomic E-state index is 12.1. The summed E-state index contributed by atoms with van der Waals surface area (Å²) in [4.78, 5) is 22.9. The van der Waals surface area contributed by atoms with Crippen molar-refractivity contribution in [1.29, 1.82) is 0 Å². The lowest BCUT2D eigenvalue weighted by molar-refractivity contribution is -0.140. The van der Waals surface area contributed by atoms with E-state index < -0.39 is 17.8 Å². The normalized spacial score (nSPS) is 11.9. The van der Waals surface area contributed by atoms with Crippen molar-refractivity contribution in [2.24, 2.45) is 11.8 Å². The quantitative estimate of drug-likeness (QED) is 0.758. The van der Waals surface area contributed by atoms with E-state index in [9.17, 15) is 9.59 Å². The first kappa shape index (κ1) is 19.1. The molecule has 1 aromatic carbocycles. The van der Waals surface area contributed by atoms with Gasteiger partial charge in [0.15, 0.2) is 11.5 Å². The van der Waals surface area contributed by atoms with Crippen LogP contribution in [0.25, 0.3) is 0 Å². The summed E-state index contributed by atoms with van der Waals surface area (Å²) in [5.74, 6) is -1.01. The number of hydrogen-bond acceptors (Lipinski definition) is 4. The van der Waals surface area contributed by atoms with Gasteiger partial charge in [0.25, 0.3) is 5.91 Å². The number of carbonyl (C=O) groups is 2. The van der Waals surface area contributed by atoms with E-state index in [0.29, 0.717) is 24.0 Å². The second kappa shape index (κ2) is 8.62. The predicted molar refractivity (Wildman–Crippen MR) is 87.5 cm³/mol. The van der Waals surface area contributed by atoms with Crippen LogP contribution in [0.3, 0.4) is 0 Å². The van der Waals surface area contributed by atoms with Crippen molar-refractivity contribution in [1.82, 2.24) is 5.32 Å². The van der Waals surface area contributed by atoms with Gasteiger partial charge in [-0.3, -0.25) is 9.59 Å². The number of hydrogen-bond donors (Lipinski definition) is 2. The number of benzene rings is 1. The number of carbonyl (C=O) groups excluding carboxylic acids is 1. The zero-order valence-electron chi connectivity index (χ0n) is 13.7. The number of amides is 1. The van der Waals surface area contributed by atoms with Crippen LogP contribution in [0.4, 0.5) is 0 Å². The molecular formula is C16H22ClNO5. The number of halogens is 1. The van der Waals surface area contributed by atoms with Crippen LogP contribution < -0.4 is 14.8 Å². The van der Waals surface area contributed by atoms with Gasteiger partial charge < -0.3 is 19.9 Å². The van der Waals surface area contributed by atoms with E-state index in [2.05, 4.69) is 5.32 Å². The summed E-state index contributed by atoms with van der Waals surface area (Å²) >= 11 is 6.17. The Morgan fingerprint density at radius 3 is 2.48 bits per heavy atom. The molecule has 1 rings (SSSR count). The van der Waals surface area contributed by atoms with Gasteiger partial charge in [0.05, 0.1) is 24.7 Å². The van der Waals surface area contributed by atoms with E-state index in [-0.39, 0.29) is 17.1 Å². The number of ether oxygens (including phenoxy) is 2. The molecule has 0 saturated heterocycles. The summed E-state index contributed by atoms with van der Waals surface area (Å²) in [5, 5.41) is 11.6. The molecule has 0 spiro atoms. The SMILES string of the molecule is COc1cc(C(=O)NCC(C)C(=O)O)cc(Cl)c1OCC(C)C. The highest BCUT2D eigenvalue weighted by Gasteiger charge is 2.18. The monoisotopic (exact) mass is 343 g/mol. The summed E-state index contributed by atoms with van der Waals surface area (Å²) in [5.41, 5.74) is 0.279. The molecule has 128 valence electrons. The second-order valence-electron chi connectivity index (χ2n) is 5.64. The first-order chi connectivity index (χ1) is 10.8. The van der Waals surface area contributed by atoms with Gasteiger partial charge in [0, 0.05) is 12.1 Å². The van der Waals surface area contributed by atoms with Crippen molar-refractivity contribution in [3.63, 3.8) is 0 Å². The first-order valence-electron chi connectivity index (χ1n) is 7.27. The summed E-state index contributed by atoms with van der Waals surface area (Å²) < 4.78 is 10.8. The van der Waals surface area contributed by atoms with Crippen LogP contribution in [0.2, 0.25) is 5.02 Å². The standard InChI is InChI=1S/C16H22ClNO5/c1-9(2)8-23-14-12(17)5-11(6-13(14)22-4)15(19)18-7-10(3)16(20)21/h5-6,9-10H,7-8H2,1-4H3,(H,18,19)(H,20,21). The number of rotatable bonds is 8. The molecule has 0 aliphatic carbocycles. The third kappa shape index (κ3) is 5.63. The van der Waals surface area contributed by atoms with Crippen LogP contribution in [0.5, 0.6) is 11.5 Å². The van der Waals surface area contributed by atoms with E-state index in [1.54, 1.807) is 0 Å². The lowest BCUT2D eigenvalue weighted by atomic mass is 10.1. The van der Waals surface area contributed by atoms with E-state index in [4.69, 9.17) is 26.2 Å². The molecule has 2 N–H and O–H groups in total. The highest BCUT2D eigenvalue weighted by Crippen LogP contribution is 2.36. The molecule has 0 aliphatic heterocycles. The van der Waals surface area contributed by atoms with Crippen molar-refractivity contribution in [3.8, 4) is 11.5 Å². The van der Waals surface area contributed by atoms with Crippen molar-refractivity contribution >= 4 is 23.5 Å². The number of aliphatic carboxylic acids is 1. The maximum Gasteiger partial charge on any atom is 0.308 e. The zero-order chi connectivity index (χ0) is 17.6. The minimum atomic E-state index is -0.974. The number of nitrogens with one attached hydrogen (secondary N) is 1. The van der Waals surface area contributed by atoms with Crippen LogP contribution in [0.1, 0.15) is 31.1 Å². The van der Waals surface area contributed by atoms with Crippen LogP contribution >= 0.6 is 11.6 Å². The molecule has 1 aromatic rings. The van der Waals surface area contributed by atoms with Crippen molar-refractivity contribution in [2.75, 3.05) is 20.3 Å². The fraction of sp³-hybridized carbons (Fsp3) is 0.500. The number of methoxy groups -OCH3 is 1. The van der Waals surface area contributed by atoms with Gasteiger partial charge in [0.1, 0.15) is 0 Å². The summed E-state index contributed by atoms with van der Waals surface area (Å²) in [6.45, 7) is 6.02. The number of carboxylic acids is 1. The minimum Gasteiger partial charge on any atom is -0.493 e. The molecule has 0 aliphatic rings. The van der Waals surface area contributed by atoms with E-state index >= 15 is 0 Å². The molecule has 23 heavy (non-hydrogen) atoms. The maximum absolute atomic E-state index is 12.1. The fourth-order valence-corrected chi connectivity index (χ4v) is 1.94. The van der Waals surface area contributed by atoms with Crippen LogP contribution in [0, 0.1) is 11.8 Å². The smallest absolute Gasteiger partial charge is 0.308 e. The molecule has 1 amide bonds. The van der Waals surface area contributed by atoms with Gasteiger partial charge >= 0.3 is 5.97 Å². The second-order valence-corrected chi connectivity index (χ2v) is 6.05. The molecule has 0 heterocycles. The molecule has 0 bridgehead atoms. The Morgan fingerprint density at radius 2 is 1.96 bits per heavy atom. The van der Waals surface area contributed by atoms with Crippen LogP contribution in [-0.4, -0.2) is 37.2 Å². The van der Waals surface area contributed by atoms with E-state index in [0.717, 1.165) is 0 Å². The molecule has 0 radical (unpaired) electrons. The minimum absolute atomic E-state index is 0.0275. The summed E-state index contributed by atoms with van der Waals surface area (Å²) in [6.07, 6.45) is 0. The lowest BCUT2D eigenvalue weighted by Crippen LogP contribution is -2.31. The molecule has 7 heteroatoms. The Balaban J connectivity index is 2.90. The Kier molecular flexibility index (Phi) is 7.16. The largest absolute Gasteiger partial charge is 0.493 e. The van der Waals surface area contributed by atoms with Crippen LogP contribution in [-0.2, 0) is 4.79 Å². The lowest BCUT2D eigenvalue weighted by Gasteiger charge is -2.15. The first-order valence-corrected chi connectivity index (χ1v) is 7.65. The van der Waals surface area contributed by atoms with Crippen LogP contribution in [0.15, 0.2) is 12.1 Å². The summed E-state index contributed by atoms with van der Waals surface area (Å²) in [7, 11) is 1.46. The topological polar surface area (TPSA) is 84.9 Å². The summed E-state index contributed by atoms with van der Waals surface area (Å²) in [6, 6.07) is 2.99. The molecule has 1 atom stereocenters. The van der Waals surface area contributed by atoms with Gasteiger partial charge in [-0.15, -0.1) is 0 Å². The highest BCUT2D eigenvalue weighted by atomic mass is 35.5. The van der Waals surface area contributed by atoms with Gasteiger partial charge in [-0.1, -0.05) is 32.4 Å². The van der Waals surface area contributed by atoms with Gasteiger partial charge in [-0.25, -0.2) is 0 Å². The predicted octanol–water partition coefficient (Wildman–Crippen LogP) is 2.83. The Morgan fingerprint density at radius 1 is 1.30 bits per heavy atom. The average Bonchev–Trinajstić information content (AvgIpc) is 2.49. The van der Waals surface area contributed by atoms with E-state index in [1.165, 1.54) is 26.2 Å². The molecule has 0 aromatic heterocycles. The third-order valence-corrected chi connectivity index (χ3v) is 3.32. The Hall–Kier alpha value is -1.95. The Bertz CT molecular complexity index is 574. The molecule has 1 unspecified atom stereocenters. The fourth-order valence-electron chi connectivity index (χ4n) is 1.68. The van der Waals surface area contributed by atoms with Crippen molar-refractivity contribution < 1.29 is 24.2 Å². The highest BCUT2D eigenvalue weighted by molar-refractivity contribution is 6.32. The molecule has 0 fully saturated rings. The van der Waals surface area contributed by atoms with Gasteiger partial charge in [-0.05, 0) is 18.1 Å². The van der Waals surface area contributed by atoms with Gasteiger partial charge in [0.2, 0.25) is 0 Å². The average molecular weight is 344 g/mol. The van der Waals surface area contributed by atoms with Crippen molar-refractivity contribution in [3.05, 3.63) is 22.7 Å². The van der Waals surface area contributed by atoms with Gasteiger partial charge in [-0.2, -0.15) is 0 Å². The third-order valence-electron chi connectivity index (χ3n) is 3.04. The molecule has 6 nitrogen and oxygen atoms in total. The van der Waals surface area contributed by atoms with E-state index in [1.807, 2.05) is 13.8 Å². The Labute approximate surface area is 140 Å². The zero-order valence-corrected chi connectivity index (χ0v) is 14.4. The molecule has 0 saturated carbocycles. The number of carboxylic acid groups (broad SMARTS) is 1. The van der Waals surface area contributed by atoms with Crippen molar-refractivity contribution in [2.45, 2.75) is 20.8 Å². The molecular weight excluding hydrogens is 322 g/mol.